The van der Waals surface area contributed by atoms with Crippen LogP contribution >= 0.6 is 0 Å². The number of nitrogens with zero attached hydrogens (tertiary/aromatic N) is 1. The molecule has 1 fully saturated rings. The van der Waals surface area contributed by atoms with Crippen molar-refractivity contribution in [3.8, 4) is 0 Å². The van der Waals surface area contributed by atoms with Crippen molar-refractivity contribution < 1.29 is 18.3 Å². The van der Waals surface area contributed by atoms with E-state index in [1.165, 1.54) is 16.4 Å². The van der Waals surface area contributed by atoms with E-state index in [1.54, 1.807) is 12.1 Å². The van der Waals surface area contributed by atoms with Gasteiger partial charge in [0.25, 0.3) is 0 Å². The first-order chi connectivity index (χ1) is 8.95. The van der Waals surface area contributed by atoms with Gasteiger partial charge in [-0.3, -0.25) is 0 Å². The number of aliphatic hydroxyl groups is 1. The summed E-state index contributed by atoms with van der Waals surface area (Å²) in [7, 11) is -3.50. The molecule has 1 heterocycles. The Kier molecular flexibility index (Phi) is 4.25. The highest BCUT2D eigenvalue weighted by Crippen LogP contribution is 2.22. The zero-order valence-electron chi connectivity index (χ0n) is 11.1. The van der Waals surface area contributed by atoms with E-state index >= 15 is 0 Å². The normalized spacial score (nSPS) is 25.4. The summed E-state index contributed by atoms with van der Waals surface area (Å²) in [6, 6.07) is 6.16. The van der Waals surface area contributed by atoms with Crippen LogP contribution in [-0.4, -0.2) is 43.1 Å². The number of hydrogen-bond donors (Lipinski definition) is 1. The van der Waals surface area contributed by atoms with Crippen LogP contribution < -0.4 is 0 Å². The van der Waals surface area contributed by atoms with Crippen LogP contribution in [0.2, 0.25) is 0 Å². The molecule has 1 N–H and O–H groups in total. The van der Waals surface area contributed by atoms with Crippen LogP contribution in [0.3, 0.4) is 0 Å². The molecular weight excluding hydrogens is 266 g/mol. The molecule has 106 valence electrons. The fraction of sp³-hybridized carbons (Fsp3) is 0.538. The van der Waals surface area contributed by atoms with Crippen LogP contribution in [0.15, 0.2) is 29.2 Å². The van der Waals surface area contributed by atoms with Crippen molar-refractivity contribution >= 4 is 10.0 Å². The summed E-state index contributed by atoms with van der Waals surface area (Å²) in [4.78, 5) is 0.255. The average molecular weight is 285 g/mol. The van der Waals surface area contributed by atoms with Crippen molar-refractivity contribution in [3.05, 3.63) is 29.8 Å². The fourth-order valence-electron chi connectivity index (χ4n) is 2.11. The zero-order chi connectivity index (χ0) is 14.0. The SMILES string of the molecule is CC1CN(S(=O)(=O)c2ccc(CO)cc2)C(C)CO1. The second-order valence-electron chi connectivity index (χ2n) is 4.87. The Morgan fingerprint density at radius 3 is 2.53 bits per heavy atom. The predicted molar refractivity (Wildman–Crippen MR) is 71.1 cm³/mol. The molecule has 0 spiro atoms. The quantitative estimate of drug-likeness (QED) is 0.899. The van der Waals surface area contributed by atoms with Crippen molar-refractivity contribution in [3.63, 3.8) is 0 Å². The summed E-state index contributed by atoms with van der Waals surface area (Å²) >= 11 is 0. The molecule has 2 rings (SSSR count). The van der Waals surface area contributed by atoms with Crippen molar-refractivity contribution in [2.45, 2.75) is 37.5 Å². The first-order valence-electron chi connectivity index (χ1n) is 6.28. The van der Waals surface area contributed by atoms with Crippen molar-refractivity contribution in [1.82, 2.24) is 4.31 Å². The van der Waals surface area contributed by atoms with Gasteiger partial charge in [-0.2, -0.15) is 4.31 Å². The maximum atomic E-state index is 12.6. The summed E-state index contributed by atoms with van der Waals surface area (Å²) in [6.45, 7) is 4.39. The average Bonchev–Trinajstić information content (AvgIpc) is 2.41. The number of benzene rings is 1. The number of sulfonamides is 1. The predicted octanol–water partition coefficient (Wildman–Crippen LogP) is 0.977. The van der Waals surface area contributed by atoms with E-state index in [-0.39, 0.29) is 23.6 Å². The van der Waals surface area contributed by atoms with E-state index in [0.717, 1.165) is 0 Å². The van der Waals surface area contributed by atoms with Crippen LogP contribution in [0.5, 0.6) is 0 Å². The lowest BCUT2D eigenvalue weighted by Crippen LogP contribution is -2.50. The van der Waals surface area contributed by atoms with E-state index in [2.05, 4.69) is 0 Å². The van der Waals surface area contributed by atoms with Gasteiger partial charge in [0.2, 0.25) is 10.0 Å². The second kappa shape index (κ2) is 5.58. The van der Waals surface area contributed by atoms with E-state index in [0.29, 0.717) is 18.7 Å². The van der Waals surface area contributed by atoms with Gasteiger partial charge in [-0.05, 0) is 31.5 Å². The second-order valence-corrected chi connectivity index (χ2v) is 6.76. The third-order valence-corrected chi connectivity index (χ3v) is 5.26. The van der Waals surface area contributed by atoms with Gasteiger partial charge in [0, 0.05) is 12.6 Å². The van der Waals surface area contributed by atoms with Gasteiger partial charge in [-0.25, -0.2) is 8.42 Å². The van der Waals surface area contributed by atoms with Crippen molar-refractivity contribution in [2.24, 2.45) is 0 Å². The monoisotopic (exact) mass is 285 g/mol. The minimum absolute atomic E-state index is 0.0919. The Morgan fingerprint density at radius 1 is 1.32 bits per heavy atom. The van der Waals surface area contributed by atoms with Crippen molar-refractivity contribution in [2.75, 3.05) is 13.2 Å². The molecule has 0 amide bonds. The minimum atomic E-state index is -3.50. The van der Waals surface area contributed by atoms with Gasteiger partial charge in [0.1, 0.15) is 0 Å². The van der Waals surface area contributed by atoms with E-state index < -0.39 is 10.0 Å². The van der Waals surface area contributed by atoms with Crippen LogP contribution in [0.1, 0.15) is 19.4 Å². The third-order valence-electron chi connectivity index (χ3n) is 3.26. The van der Waals surface area contributed by atoms with E-state index in [9.17, 15) is 8.42 Å². The largest absolute Gasteiger partial charge is 0.392 e. The van der Waals surface area contributed by atoms with Gasteiger partial charge < -0.3 is 9.84 Å². The lowest BCUT2D eigenvalue weighted by atomic mass is 10.2. The molecule has 6 heteroatoms. The van der Waals surface area contributed by atoms with Crippen LogP contribution in [0, 0.1) is 0 Å². The highest BCUT2D eigenvalue weighted by atomic mass is 32.2. The highest BCUT2D eigenvalue weighted by molar-refractivity contribution is 7.89. The molecule has 1 aliphatic heterocycles. The smallest absolute Gasteiger partial charge is 0.243 e. The summed E-state index contributed by atoms with van der Waals surface area (Å²) in [5.41, 5.74) is 0.697. The lowest BCUT2D eigenvalue weighted by Gasteiger charge is -2.35. The van der Waals surface area contributed by atoms with Gasteiger partial charge >= 0.3 is 0 Å². The lowest BCUT2D eigenvalue weighted by molar-refractivity contribution is -0.0170. The Bertz CT molecular complexity index is 526. The molecule has 0 bridgehead atoms. The maximum absolute atomic E-state index is 12.6. The van der Waals surface area contributed by atoms with Gasteiger partial charge in [-0.15, -0.1) is 0 Å². The first-order valence-corrected chi connectivity index (χ1v) is 7.72. The van der Waals surface area contributed by atoms with Gasteiger partial charge in [-0.1, -0.05) is 12.1 Å². The molecular formula is C13H19NO4S. The van der Waals surface area contributed by atoms with Crippen LogP contribution in [-0.2, 0) is 21.4 Å². The first kappa shape index (κ1) is 14.5. The molecule has 0 aromatic heterocycles. The Morgan fingerprint density at radius 2 is 1.95 bits per heavy atom. The number of rotatable bonds is 3. The number of morpholine rings is 1. The summed E-state index contributed by atoms with van der Waals surface area (Å²) in [5, 5.41) is 8.98. The molecule has 0 radical (unpaired) electrons. The number of aliphatic hydroxyl groups excluding tert-OH is 1. The minimum Gasteiger partial charge on any atom is -0.392 e. The standard InChI is InChI=1S/C13H19NO4S/c1-10-9-18-11(2)7-14(10)19(16,17)13-5-3-12(8-15)4-6-13/h3-6,10-11,15H,7-9H2,1-2H3. The molecule has 1 aromatic rings. The Hall–Kier alpha value is -0.950. The van der Waals surface area contributed by atoms with Crippen LogP contribution in [0.4, 0.5) is 0 Å². The van der Waals surface area contributed by atoms with E-state index in [4.69, 9.17) is 9.84 Å². The molecule has 0 aliphatic carbocycles. The Labute approximate surface area is 113 Å². The maximum Gasteiger partial charge on any atom is 0.243 e. The molecule has 1 saturated heterocycles. The molecule has 2 atom stereocenters. The molecule has 0 saturated carbocycles. The van der Waals surface area contributed by atoms with Crippen molar-refractivity contribution in [1.29, 1.82) is 0 Å². The Balaban J connectivity index is 2.29. The summed E-state index contributed by atoms with van der Waals surface area (Å²) < 4.78 is 32.0. The highest BCUT2D eigenvalue weighted by Gasteiger charge is 2.33. The topological polar surface area (TPSA) is 66.8 Å². The van der Waals surface area contributed by atoms with Crippen LogP contribution in [0.25, 0.3) is 0 Å². The molecule has 1 aromatic carbocycles. The molecule has 19 heavy (non-hydrogen) atoms. The molecule has 1 aliphatic rings. The summed E-state index contributed by atoms with van der Waals surface area (Å²) in [5.74, 6) is 0. The molecule has 5 nitrogen and oxygen atoms in total. The summed E-state index contributed by atoms with van der Waals surface area (Å²) in [6.07, 6.45) is -0.0947. The van der Waals surface area contributed by atoms with E-state index in [1.807, 2.05) is 13.8 Å². The number of hydrogen-bond acceptors (Lipinski definition) is 4. The van der Waals surface area contributed by atoms with Gasteiger partial charge in [0.05, 0.1) is 24.2 Å². The fourth-order valence-corrected chi connectivity index (χ4v) is 3.80. The molecule has 2 unspecified atom stereocenters. The number of ether oxygens (including phenoxy) is 1. The van der Waals surface area contributed by atoms with Gasteiger partial charge in [0.15, 0.2) is 0 Å². The zero-order valence-corrected chi connectivity index (χ0v) is 11.9. The third kappa shape index (κ3) is 2.97.